The first kappa shape index (κ1) is 20.5. The number of nitro benzene ring substituents is 1. The second-order valence-electron chi connectivity index (χ2n) is 9.05. The van der Waals surface area contributed by atoms with Gasteiger partial charge in [0.25, 0.3) is 11.6 Å². The second-order valence-corrected chi connectivity index (χ2v) is 9.05. The van der Waals surface area contributed by atoms with Gasteiger partial charge in [0.2, 0.25) is 0 Å². The maximum Gasteiger partial charge on any atom is 0.270 e. The number of anilines is 1. The number of para-hydroxylation sites is 1. The van der Waals surface area contributed by atoms with Gasteiger partial charge in [-0.2, -0.15) is 0 Å². The zero-order chi connectivity index (χ0) is 22.2. The van der Waals surface area contributed by atoms with Crippen LogP contribution in [-0.4, -0.2) is 22.0 Å². The van der Waals surface area contributed by atoms with Crippen LogP contribution in [0.1, 0.15) is 72.0 Å². The fourth-order valence-corrected chi connectivity index (χ4v) is 5.53. The summed E-state index contributed by atoms with van der Waals surface area (Å²) in [4.78, 5) is 24.1. The summed E-state index contributed by atoms with van der Waals surface area (Å²) < 4.78 is 0. The number of fused-ring (bicyclic) bond motifs is 3. The quantitative estimate of drug-likeness (QED) is 0.350. The molecule has 7 heteroatoms. The molecule has 3 unspecified atom stereocenters. The fourth-order valence-electron chi connectivity index (χ4n) is 5.53. The monoisotopic (exact) mass is 433 g/mol. The normalized spacial score (nSPS) is 24.3. The minimum atomic E-state index is -0.451. The molecule has 7 nitrogen and oxygen atoms in total. The van der Waals surface area contributed by atoms with E-state index in [1.165, 1.54) is 24.6 Å². The molecule has 3 N–H and O–H groups in total. The van der Waals surface area contributed by atoms with Crippen molar-refractivity contribution in [1.82, 2.24) is 5.32 Å². The van der Waals surface area contributed by atoms with Crippen molar-refractivity contribution >= 4 is 17.3 Å². The first-order chi connectivity index (χ1) is 15.5. The number of amides is 1. The highest BCUT2D eigenvalue weighted by atomic mass is 16.6. The summed E-state index contributed by atoms with van der Waals surface area (Å²) in [6.45, 7) is 0. The summed E-state index contributed by atoms with van der Waals surface area (Å²) in [5, 5.41) is 28.6. The third kappa shape index (κ3) is 3.61. The number of hydrogen-bond acceptors (Lipinski definition) is 5. The number of non-ortho nitro benzene ring substituents is 1. The first-order valence-electron chi connectivity index (χ1n) is 11.4. The minimum absolute atomic E-state index is 0.0198. The van der Waals surface area contributed by atoms with Gasteiger partial charge in [0, 0.05) is 29.7 Å². The summed E-state index contributed by atoms with van der Waals surface area (Å²) in [5.41, 5.74) is 2.83. The number of carbonyl (C=O) groups is 1. The third-order valence-electron chi connectivity index (χ3n) is 7.14. The highest BCUT2D eigenvalue weighted by Crippen LogP contribution is 2.52. The molecule has 1 fully saturated rings. The van der Waals surface area contributed by atoms with E-state index in [-0.39, 0.29) is 41.3 Å². The number of phenolic OH excluding ortho intramolecular Hbond substituents is 1. The van der Waals surface area contributed by atoms with Crippen LogP contribution in [0, 0.1) is 16.0 Å². The lowest BCUT2D eigenvalue weighted by molar-refractivity contribution is -0.385. The van der Waals surface area contributed by atoms with Crippen molar-refractivity contribution < 1.29 is 14.8 Å². The number of nitrogens with zero attached hydrogens (tertiary/aromatic N) is 1. The van der Waals surface area contributed by atoms with Crippen molar-refractivity contribution in [1.29, 1.82) is 0 Å². The number of carbonyl (C=O) groups excluding carboxylic acids is 1. The molecule has 166 valence electrons. The largest absolute Gasteiger partial charge is 0.508 e. The van der Waals surface area contributed by atoms with E-state index in [1.54, 1.807) is 0 Å². The Labute approximate surface area is 186 Å². The molecular weight excluding hydrogens is 406 g/mol. The minimum Gasteiger partial charge on any atom is -0.508 e. The smallest absolute Gasteiger partial charge is 0.270 e. The van der Waals surface area contributed by atoms with Gasteiger partial charge in [-0.05, 0) is 42.9 Å². The number of hydrogen-bond donors (Lipinski definition) is 3. The van der Waals surface area contributed by atoms with Gasteiger partial charge >= 0.3 is 0 Å². The molecule has 1 amide bonds. The second kappa shape index (κ2) is 8.30. The molecule has 5 rings (SSSR count). The van der Waals surface area contributed by atoms with E-state index in [2.05, 4.69) is 22.8 Å². The Kier molecular flexibility index (Phi) is 5.33. The average Bonchev–Trinajstić information content (AvgIpc) is 3.29. The lowest BCUT2D eigenvalue weighted by atomic mass is 9.76. The number of benzene rings is 2. The Morgan fingerprint density at radius 3 is 2.72 bits per heavy atom. The molecule has 0 aromatic heterocycles. The van der Waals surface area contributed by atoms with Crippen LogP contribution in [0.2, 0.25) is 0 Å². The number of rotatable bonds is 4. The Bertz CT molecular complexity index is 1090. The van der Waals surface area contributed by atoms with E-state index in [1.807, 2.05) is 18.2 Å². The van der Waals surface area contributed by atoms with Crippen LogP contribution in [0.5, 0.6) is 5.75 Å². The number of nitrogens with one attached hydrogen (secondary N) is 2. The molecule has 32 heavy (non-hydrogen) atoms. The predicted molar refractivity (Wildman–Crippen MR) is 122 cm³/mol. The summed E-state index contributed by atoms with van der Waals surface area (Å²) >= 11 is 0. The van der Waals surface area contributed by atoms with Crippen LogP contribution in [-0.2, 0) is 0 Å². The third-order valence-corrected chi connectivity index (χ3v) is 7.14. The Morgan fingerprint density at radius 1 is 1.12 bits per heavy atom. The molecule has 0 radical (unpaired) electrons. The maximum absolute atomic E-state index is 13.2. The van der Waals surface area contributed by atoms with Gasteiger partial charge < -0.3 is 15.7 Å². The van der Waals surface area contributed by atoms with Crippen LogP contribution in [0.25, 0.3) is 0 Å². The molecule has 0 spiro atoms. The Hall–Kier alpha value is -3.35. The summed E-state index contributed by atoms with van der Waals surface area (Å²) in [6, 6.07) is 9.77. The lowest BCUT2D eigenvalue weighted by Crippen LogP contribution is -2.37. The van der Waals surface area contributed by atoms with Crippen LogP contribution in [0.15, 0.2) is 48.6 Å². The van der Waals surface area contributed by atoms with E-state index in [4.69, 9.17) is 0 Å². The maximum atomic E-state index is 13.2. The fraction of sp³-hybridized carbons (Fsp3) is 0.400. The number of phenols is 1. The van der Waals surface area contributed by atoms with E-state index in [9.17, 15) is 20.0 Å². The Morgan fingerprint density at radius 2 is 1.94 bits per heavy atom. The molecule has 2 aromatic carbocycles. The van der Waals surface area contributed by atoms with Gasteiger partial charge in [0.15, 0.2) is 0 Å². The van der Waals surface area contributed by atoms with Gasteiger partial charge in [0.1, 0.15) is 5.75 Å². The van der Waals surface area contributed by atoms with Gasteiger partial charge in [0.05, 0.1) is 22.2 Å². The Balaban J connectivity index is 1.52. The highest BCUT2D eigenvalue weighted by Gasteiger charge is 2.40. The molecule has 0 saturated heterocycles. The van der Waals surface area contributed by atoms with E-state index < -0.39 is 4.92 Å². The van der Waals surface area contributed by atoms with Crippen LogP contribution in [0.4, 0.5) is 11.4 Å². The molecule has 1 aliphatic heterocycles. The van der Waals surface area contributed by atoms with Gasteiger partial charge in [-0.15, -0.1) is 0 Å². The average molecular weight is 434 g/mol. The predicted octanol–water partition coefficient (Wildman–Crippen LogP) is 5.19. The van der Waals surface area contributed by atoms with Crippen molar-refractivity contribution in [3.05, 3.63) is 75.4 Å². The van der Waals surface area contributed by atoms with Crippen LogP contribution >= 0.6 is 0 Å². The molecule has 2 aromatic rings. The van der Waals surface area contributed by atoms with Gasteiger partial charge in [-0.1, -0.05) is 43.5 Å². The molecule has 3 atom stereocenters. The number of allylic oxidation sites excluding steroid dienone is 2. The molecule has 1 heterocycles. The number of nitro groups is 1. The first-order valence-corrected chi connectivity index (χ1v) is 11.4. The van der Waals surface area contributed by atoms with Crippen molar-refractivity contribution in [2.24, 2.45) is 5.92 Å². The van der Waals surface area contributed by atoms with E-state index in [0.29, 0.717) is 11.1 Å². The highest BCUT2D eigenvalue weighted by molar-refractivity contribution is 6.01. The topological polar surface area (TPSA) is 104 Å². The van der Waals surface area contributed by atoms with Crippen molar-refractivity contribution in [3.8, 4) is 5.75 Å². The van der Waals surface area contributed by atoms with E-state index in [0.717, 1.165) is 43.4 Å². The molecule has 0 bridgehead atoms. The summed E-state index contributed by atoms with van der Waals surface area (Å²) in [6.07, 6.45) is 10.6. The SMILES string of the molecule is O=C(NC1CCCCC1)c1cccc2c1NC(c1cc([N+](=O)[O-])ccc1O)C1CC=CC21. The van der Waals surface area contributed by atoms with Crippen molar-refractivity contribution in [2.75, 3.05) is 5.32 Å². The van der Waals surface area contributed by atoms with Crippen molar-refractivity contribution in [2.45, 2.75) is 56.5 Å². The van der Waals surface area contributed by atoms with E-state index >= 15 is 0 Å². The van der Waals surface area contributed by atoms with Gasteiger partial charge in [-0.25, -0.2) is 0 Å². The molecule has 2 aliphatic carbocycles. The van der Waals surface area contributed by atoms with Crippen LogP contribution < -0.4 is 10.6 Å². The molecular formula is C25H27N3O4. The van der Waals surface area contributed by atoms with Crippen molar-refractivity contribution in [3.63, 3.8) is 0 Å². The zero-order valence-corrected chi connectivity index (χ0v) is 17.8. The lowest BCUT2D eigenvalue weighted by Gasteiger charge is -2.38. The molecule has 3 aliphatic rings. The standard InChI is InChI=1S/C25H27N3O4/c29-22-13-12-16(28(31)32)14-21(22)24-19-9-4-8-17(19)18-10-5-11-20(23(18)27-24)25(30)26-15-6-2-1-3-7-15/h4-5,8,10-15,17,19,24,27,29H,1-3,6-7,9H2,(H,26,30). The van der Waals surface area contributed by atoms with Gasteiger partial charge in [-0.3, -0.25) is 14.9 Å². The summed E-state index contributed by atoms with van der Waals surface area (Å²) in [7, 11) is 0. The summed E-state index contributed by atoms with van der Waals surface area (Å²) in [5.74, 6) is 0.111. The van der Waals surface area contributed by atoms with Crippen LogP contribution in [0.3, 0.4) is 0 Å². The zero-order valence-electron chi connectivity index (χ0n) is 17.8. The molecule has 1 saturated carbocycles. The number of aromatic hydroxyl groups is 1.